The van der Waals surface area contributed by atoms with Gasteiger partial charge >= 0.3 is 0 Å². The number of carbonyl (C=O) groups excluding carboxylic acids is 1. The standard InChI is InChI=1S/C21H33N5O2/c1-16-6-10-25(11-7-16)19-4-5-20(24-23-19)26-12-8-17(9-13-26)21(27)22-15-18-3-2-14-28-18/h4-5,16-18H,2-3,6-15H2,1H3,(H,22,27). The fourth-order valence-corrected chi connectivity index (χ4v) is 4.43. The zero-order valence-electron chi connectivity index (χ0n) is 17.0. The molecule has 0 saturated carbocycles. The first kappa shape index (κ1) is 19.4. The molecule has 1 atom stereocenters. The number of carbonyl (C=O) groups is 1. The van der Waals surface area contributed by atoms with Gasteiger partial charge in [0.15, 0.2) is 11.6 Å². The molecule has 3 aliphatic heterocycles. The molecule has 3 saturated heterocycles. The summed E-state index contributed by atoms with van der Waals surface area (Å²) in [5, 5.41) is 12.0. The largest absolute Gasteiger partial charge is 0.376 e. The lowest BCUT2D eigenvalue weighted by Crippen LogP contribution is -2.42. The Kier molecular flexibility index (Phi) is 6.29. The Morgan fingerprint density at radius 1 is 1.04 bits per heavy atom. The van der Waals surface area contributed by atoms with Crippen molar-refractivity contribution in [1.82, 2.24) is 15.5 Å². The Bertz CT molecular complexity index is 631. The van der Waals surface area contributed by atoms with Crippen LogP contribution in [0.25, 0.3) is 0 Å². The second-order valence-electron chi connectivity index (χ2n) is 8.56. The van der Waals surface area contributed by atoms with E-state index in [1.165, 1.54) is 12.8 Å². The molecule has 0 aromatic carbocycles. The molecule has 7 nitrogen and oxygen atoms in total. The van der Waals surface area contributed by atoms with Crippen LogP contribution in [0.5, 0.6) is 0 Å². The fraction of sp³-hybridized carbons (Fsp3) is 0.762. The van der Waals surface area contributed by atoms with Crippen molar-refractivity contribution in [2.24, 2.45) is 11.8 Å². The van der Waals surface area contributed by atoms with Gasteiger partial charge in [0.25, 0.3) is 0 Å². The van der Waals surface area contributed by atoms with Gasteiger partial charge in [-0.05, 0) is 56.6 Å². The third-order valence-electron chi connectivity index (χ3n) is 6.46. The molecule has 4 rings (SSSR count). The lowest BCUT2D eigenvalue weighted by Gasteiger charge is -2.33. The fourth-order valence-electron chi connectivity index (χ4n) is 4.43. The van der Waals surface area contributed by atoms with Crippen LogP contribution in [-0.4, -0.2) is 61.5 Å². The highest BCUT2D eigenvalue weighted by molar-refractivity contribution is 5.79. The summed E-state index contributed by atoms with van der Waals surface area (Å²) in [6, 6.07) is 4.18. The minimum atomic E-state index is 0.0974. The highest BCUT2D eigenvalue weighted by atomic mass is 16.5. The molecular formula is C21H33N5O2. The van der Waals surface area contributed by atoms with E-state index in [4.69, 9.17) is 4.74 Å². The Hall–Kier alpha value is -1.89. The molecule has 28 heavy (non-hydrogen) atoms. The summed E-state index contributed by atoms with van der Waals surface area (Å²) in [6.07, 6.45) is 6.56. The molecule has 1 aromatic heterocycles. The van der Waals surface area contributed by atoms with Crippen molar-refractivity contribution in [3.8, 4) is 0 Å². The van der Waals surface area contributed by atoms with E-state index in [0.717, 1.165) is 76.0 Å². The van der Waals surface area contributed by atoms with Gasteiger partial charge in [-0.25, -0.2) is 0 Å². The van der Waals surface area contributed by atoms with Gasteiger partial charge < -0.3 is 19.9 Å². The third kappa shape index (κ3) is 4.74. The summed E-state index contributed by atoms with van der Waals surface area (Å²) in [4.78, 5) is 17.0. The van der Waals surface area contributed by atoms with Crippen LogP contribution < -0.4 is 15.1 Å². The number of anilines is 2. The molecule has 1 N–H and O–H groups in total. The van der Waals surface area contributed by atoms with Gasteiger partial charge in [0.05, 0.1) is 6.10 Å². The maximum atomic E-state index is 12.4. The number of piperidine rings is 2. The van der Waals surface area contributed by atoms with Gasteiger partial charge in [0, 0.05) is 45.2 Å². The van der Waals surface area contributed by atoms with Gasteiger partial charge in [-0.1, -0.05) is 6.92 Å². The van der Waals surface area contributed by atoms with E-state index in [1.807, 2.05) is 0 Å². The van der Waals surface area contributed by atoms with Crippen molar-refractivity contribution in [1.29, 1.82) is 0 Å². The summed E-state index contributed by atoms with van der Waals surface area (Å²) in [5.41, 5.74) is 0. The molecule has 0 aliphatic carbocycles. The number of rotatable bonds is 5. The van der Waals surface area contributed by atoms with Gasteiger partial charge in [0.2, 0.25) is 5.91 Å². The van der Waals surface area contributed by atoms with Crippen LogP contribution in [0.2, 0.25) is 0 Å². The monoisotopic (exact) mass is 387 g/mol. The van der Waals surface area contributed by atoms with Crippen LogP contribution >= 0.6 is 0 Å². The zero-order valence-corrected chi connectivity index (χ0v) is 17.0. The second-order valence-corrected chi connectivity index (χ2v) is 8.56. The number of nitrogens with one attached hydrogen (secondary N) is 1. The van der Waals surface area contributed by atoms with E-state index in [-0.39, 0.29) is 17.9 Å². The zero-order chi connectivity index (χ0) is 19.3. The van der Waals surface area contributed by atoms with E-state index < -0.39 is 0 Å². The number of nitrogens with zero attached hydrogens (tertiary/aromatic N) is 4. The van der Waals surface area contributed by atoms with Gasteiger partial charge in [-0.2, -0.15) is 0 Å². The van der Waals surface area contributed by atoms with E-state index in [9.17, 15) is 4.79 Å². The molecule has 3 fully saturated rings. The van der Waals surface area contributed by atoms with Crippen LogP contribution in [0.3, 0.4) is 0 Å². The van der Waals surface area contributed by atoms with Crippen molar-refractivity contribution in [2.45, 2.75) is 51.6 Å². The molecule has 7 heteroatoms. The summed E-state index contributed by atoms with van der Waals surface area (Å²) in [6.45, 7) is 7.65. The van der Waals surface area contributed by atoms with E-state index in [2.05, 4.69) is 44.4 Å². The number of ether oxygens (including phenoxy) is 1. The molecule has 1 amide bonds. The molecule has 4 heterocycles. The highest BCUT2D eigenvalue weighted by Crippen LogP contribution is 2.25. The van der Waals surface area contributed by atoms with Crippen molar-refractivity contribution in [2.75, 3.05) is 49.1 Å². The van der Waals surface area contributed by atoms with E-state index in [0.29, 0.717) is 6.54 Å². The molecule has 0 spiro atoms. The van der Waals surface area contributed by atoms with Gasteiger partial charge in [-0.3, -0.25) is 4.79 Å². The molecule has 1 unspecified atom stereocenters. The average Bonchev–Trinajstić information content (AvgIpc) is 3.27. The minimum absolute atomic E-state index is 0.0974. The number of aromatic nitrogens is 2. The summed E-state index contributed by atoms with van der Waals surface area (Å²) >= 11 is 0. The van der Waals surface area contributed by atoms with Crippen molar-refractivity contribution < 1.29 is 9.53 Å². The van der Waals surface area contributed by atoms with Crippen molar-refractivity contribution in [3.05, 3.63) is 12.1 Å². The first-order valence-electron chi connectivity index (χ1n) is 10.9. The van der Waals surface area contributed by atoms with Crippen molar-refractivity contribution in [3.63, 3.8) is 0 Å². The number of hydrogen-bond donors (Lipinski definition) is 1. The molecule has 0 radical (unpaired) electrons. The third-order valence-corrected chi connectivity index (χ3v) is 6.46. The Morgan fingerprint density at radius 3 is 2.18 bits per heavy atom. The average molecular weight is 388 g/mol. The van der Waals surface area contributed by atoms with E-state index >= 15 is 0 Å². The van der Waals surface area contributed by atoms with Crippen LogP contribution in [0.4, 0.5) is 11.6 Å². The second kappa shape index (κ2) is 9.07. The Balaban J connectivity index is 1.23. The minimum Gasteiger partial charge on any atom is -0.376 e. The molecule has 1 aromatic rings. The summed E-state index contributed by atoms with van der Waals surface area (Å²) < 4.78 is 5.58. The Labute approximate surface area is 167 Å². The summed E-state index contributed by atoms with van der Waals surface area (Å²) in [5.74, 6) is 3.00. The lowest BCUT2D eigenvalue weighted by atomic mass is 9.96. The van der Waals surface area contributed by atoms with Crippen LogP contribution in [-0.2, 0) is 9.53 Å². The van der Waals surface area contributed by atoms with Crippen LogP contribution in [0.15, 0.2) is 12.1 Å². The SMILES string of the molecule is CC1CCN(c2ccc(N3CCC(C(=O)NCC4CCCO4)CC3)nn2)CC1. The smallest absolute Gasteiger partial charge is 0.223 e. The normalized spacial score (nSPS) is 24.5. The molecule has 154 valence electrons. The lowest BCUT2D eigenvalue weighted by molar-refractivity contribution is -0.126. The van der Waals surface area contributed by atoms with Gasteiger partial charge in [0.1, 0.15) is 0 Å². The quantitative estimate of drug-likeness (QED) is 0.835. The van der Waals surface area contributed by atoms with Crippen LogP contribution in [0.1, 0.15) is 45.4 Å². The number of amides is 1. The van der Waals surface area contributed by atoms with E-state index in [1.54, 1.807) is 0 Å². The van der Waals surface area contributed by atoms with Crippen LogP contribution in [0, 0.1) is 11.8 Å². The Morgan fingerprint density at radius 2 is 1.64 bits per heavy atom. The maximum absolute atomic E-state index is 12.4. The first-order chi connectivity index (χ1) is 13.7. The number of hydrogen-bond acceptors (Lipinski definition) is 6. The molecular weight excluding hydrogens is 354 g/mol. The topological polar surface area (TPSA) is 70.6 Å². The first-order valence-corrected chi connectivity index (χ1v) is 10.9. The highest BCUT2D eigenvalue weighted by Gasteiger charge is 2.27. The maximum Gasteiger partial charge on any atom is 0.223 e. The van der Waals surface area contributed by atoms with Crippen molar-refractivity contribution >= 4 is 17.5 Å². The summed E-state index contributed by atoms with van der Waals surface area (Å²) in [7, 11) is 0. The van der Waals surface area contributed by atoms with Gasteiger partial charge in [-0.15, -0.1) is 10.2 Å². The molecule has 0 bridgehead atoms. The predicted molar refractivity (Wildman–Crippen MR) is 110 cm³/mol. The molecule has 3 aliphatic rings. The predicted octanol–water partition coefficient (Wildman–Crippen LogP) is 2.22.